The van der Waals surface area contributed by atoms with Crippen molar-refractivity contribution in [2.24, 2.45) is 17.3 Å². The summed E-state index contributed by atoms with van der Waals surface area (Å²) in [5, 5.41) is 24.1. The molecule has 3 N–H and O–H groups in total. The summed E-state index contributed by atoms with van der Waals surface area (Å²) in [5.41, 5.74) is -0.680. The lowest BCUT2D eigenvalue weighted by molar-refractivity contribution is -0.159. The van der Waals surface area contributed by atoms with Crippen LogP contribution in [0.5, 0.6) is 0 Å². The number of para-hydroxylation sites is 1. The molecule has 1 aromatic carbocycles. The van der Waals surface area contributed by atoms with E-state index < -0.39 is 47.9 Å². The summed E-state index contributed by atoms with van der Waals surface area (Å²) in [4.78, 5) is 38.4. The molecule has 0 saturated carbocycles. The first-order valence-corrected chi connectivity index (χ1v) is 11.6. The van der Waals surface area contributed by atoms with Gasteiger partial charge in [0, 0.05) is 18.0 Å². The Balaban J connectivity index is 2.22. The third-order valence-corrected chi connectivity index (χ3v) is 6.49. The number of cyclic esters (lactones) is 1. The van der Waals surface area contributed by atoms with Crippen molar-refractivity contribution in [3.63, 3.8) is 0 Å². The minimum Gasteiger partial charge on any atom is -0.452 e. The number of ketones is 1. The highest BCUT2D eigenvalue weighted by Crippen LogP contribution is 2.32. The van der Waals surface area contributed by atoms with Gasteiger partial charge in [0.25, 0.3) is 5.91 Å². The molecule has 0 radical (unpaired) electrons. The summed E-state index contributed by atoms with van der Waals surface area (Å²) in [7, 11) is 0. The molecule has 0 aliphatic carbocycles. The van der Waals surface area contributed by atoms with Gasteiger partial charge in [-0.05, 0) is 37.3 Å². The largest absolute Gasteiger partial charge is 0.452 e. The van der Waals surface area contributed by atoms with E-state index in [2.05, 4.69) is 5.32 Å². The lowest BCUT2D eigenvalue weighted by Crippen LogP contribution is -2.46. The molecule has 7 heteroatoms. The first-order chi connectivity index (χ1) is 15.5. The molecule has 33 heavy (non-hydrogen) atoms. The Labute approximate surface area is 196 Å². The van der Waals surface area contributed by atoms with Gasteiger partial charge in [-0.15, -0.1) is 0 Å². The van der Waals surface area contributed by atoms with Crippen molar-refractivity contribution >= 4 is 23.3 Å². The van der Waals surface area contributed by atoms with E-state index >= 15 is 0 Å². The predicted octanol–water partition coefficient (Wildman–Crippen LogP) is 3.65. The van der Waals surface area contributed by atoms with Gasteiger partial charge in [0.15, 0.2) is 6.10 Å². The number of hydrogen-bond donors (Lipinski definition) is 3. The summed E-state index contributed by atoms with van der Waals surface area (Å²) >= 11 is 0. The maximum absolute atomic E-state index is 13.1. The van der Waals surface area contributed by atoms with Crippen LogP contribution in [0.4, 0.5) is 5.69 Å². The normalized spacial score (nSPS) is 30.8. The lowest BCUT2D eigenvalue weighted by atomic mass is 9.73. The average Bonchev–Trinajstić information content (AvgIpc) is 2.78. The van der Waals surface area contributed by atoms with Crippen LogP contribution in [0, 0.1) is 17.3 Å². The minimum absolute atomic E-state index is 0.0902. The van der Waals surface area contributed by atoms with Crippen molar-refractivity contribution in [3.8, 4) is 0 Å². The molecule has 182 valence electrons. The van der Waals surface area contributed by atoms with E-state index in [4.69, 9.17) is 4.74 Å². The topological polar surface area (TPSA) is 113 Å². The van der Waals surface area contributed by atoms with Crippen LogP contribution in [0.1, 0.15) is 59.8 Å². The SMILES string of the molecule is C[C@@H]1C(=O)C(C)(C)[C@@H](O)CC(=O)OC(C(=O)Nc2ccccc2)C/C=C/CCC[C@H](C)[C@@H]1O. The molecular formula is C26H37NO6. The van der Waals surface area contributed by atoms with E-state index in [1.54, 1.807) is 45.0 Å². The third-order valence-electron chi connectivity index (χ3n) is 6.49. The quantitative estimate of drug-likeness (QED) is 0.460. The molecule has 0 fully saturated rings. The van der Waals surface area contributed by atoms with Crippen LogP contribution < -0.4 is 5.32 Å². The predicted molar refractivity (Wildman–Crippen MR) is 126 cm³/mol. The molecule has 1 unspecified atom stereocenters. The lowest BCUT2D eigenvalue weighted by Gasteiger charge is -2.34. The Morgan fingerprint density at radius 3 is 2.42 bits per heavy atom. The molecule has 1 aliphatic rings. The first-order valence-electron chi connectivity index (χ1n) is 11.6. The molecule has 0 saturated heterocycles. The van der Waals surface area contributed by atoms with Crippen molar-refractivity contribution in [2.75, 3.05) is 5.32 Å². The van der Waals surface area contributed by atoms with Crippen LogP contribution in [0.25, 0.3) is 0 Å². The number of ether oxygens (including phenoxy) is 1. The van der Waals surface area contributed by atoms with Crippen LogP contribution in [0.3, 0.4) is 0 Å². The number of allylic oxidation sites excluding steroid dienone is 1. The zero-order chi connectivity index (χ0) is 24.6. The van der Waals surface area contributed by atoms with E-state index in [-0.39, 0.29) is 18.1 Å². The van der Waals surface area contributed by atoms with Gasteiger partial charge in [0.2, 0.25) is 0 Å². The third kappa shape index (κ3) is 7.51. The smallest absolute Gasteiger partial charge is 0.309 e. The molecule has 0 spiro atoms. The van der Waals surface area contributed by atoms with Gasteiger partial charge < -0.3 is 20.3 Å². The molecule has 0 bridgehead atoms. The molecule has 1 aliphatic heterocycles. The number of aliphatic hydroxyl groups is 2. The van der Waals surface area contributed by atoms with E-state index in [0.29, 0.717) is 5.69 Å². The van der Waals surface area contributed by atoms with Crippen LogP contribution in [-0.4, -0.2) is 46.2 Å². The van der Waals surface area contributed by atoms with Gasteiger partial charge in [-0.1, -0.05) is 58.0 Å². The average molecular weight is 460 g/mol. The summed E-state index contributed by atoms with van der Waals surface area (Å²) in [6, 6.07) is 8.87. The first kappa shape index (κ1) is 26.7. The van der Waals surface area contributed by atoms with Crippen LogP contribution in [0.2, 0.25) is 0 Å². The number of carbonyl (C=O) groups excluding carboxylic acids is 3. The summed E-state index contributed by atoms with van der Waals surface area (Å²) in [6.07, 6.45) is 2.56. The molecule has 5 atom stereocenters. The van der Waals surface area contributed by atoms with Gasteiger partial charge in [0.1, 0.15) is 5.78 Å². The zero-order valence-corrected chi connectivity index (χ0v) is 20.0. The number of amides is 1. The number of hydrogen-bond acceptors (Lipinski definition) is 6. The fourth-order valence-electron chi connectivity index (χ4n) is 4.04. The molecule has 1 heterocycles. The number of carbonyl (C=O) groups is 3. The van der Waals surface area contributed by atoms with E-state index in [1.165, 1.54) is 0 Å². The van der Waals surface area contributed by atoms with Crippen molar-refractivity contribution in [1.82, 2.24) is 0 Å². The van der Waals surface area contributed by atoms with Crippen molar-refractivity contribution < 1.29 is 29.3 Å². The number of rotatable bonds is 2. The fraction of sp³-hybridized carbons (Fsp3) is 0.577. The number of Topliss-reactive ketones (excluding diaryl/α,β-unsaturated/α-hetero) is 1. The Morgan fingerprint density at radius 2 is 1.76 bits per heavy atom. The monoisotopic (exact) mass is 459 g/mol. The molecule has 2 rings (SSSR count). The van der Waals surface area contributed by atoms with Crippen LogP contribution in [0.15, 0.2) is 42.5 Å². The number of anilines is 1. The number of aliphatic hydroxyl groups excluding tert-OH is 2. The van der Waals surface area contributed by atoms with Crippen LogP contribution in [-0.2, 0) is 19.1 Å². The van der Waals surface area contributed by atoms with E-state index in [0.717, 1.165) is 19.3 Å². The van der Waals surface area contributed by atoms with Gasteiger partial charge in [-0.3, -0.25) is 14.4 Å². The number of esters is 1. The maximum Gasteiger partial charge on any atom is 0.309 e. The second kappa shape index (κ2) is 12.1. The van der Waals surface area contributed by atoms with Crippen LogP contribution >= 0.6 is 0 Å². The minimum atomic E-state index is -1.32. The van der Waals surface area contributed by atoms with Gasteiger partial charge in [0.05, 0.1) is 24.0 Å². The highest BCUT2D eigenvalue weighted by atomic mass is 16.5. The second-order valence-corrected chi connectivity index (χ2v) is 9.53. The van der Waals surface area contributed by atoms with Gasteiger partial charge in [-0.25, -0.2) is 0 Å². The molecule has 0 aromatic heterocycles. The summed E-state index contributed by atoms with van der Waals surface area (Å²) in [5.74, 6) is -2.32. The Morgan fingerprint density at radius 1 is 1.09 bits per heavy atom. The van der Waals surface area contributed by atoms with Gasteiger partial charge >= 0.3 is 5.97 Å². The van der Waals surface area contributed by atoms with E-state index in [9.17, 15) is 24.6 Å². The van der Waals surface area contributed by atoms with Gasteiger partial charge in [-0.2, -0.15) is 0 Å². The Kier molecular flexibility index (Phi) is 9.80. The second-order valence-electron chi connectivity index (χ2n) is 9.53. The molecule has 1 aromatic rings. The molecular weight excluding hydrogens is 422 g/mol. The highest BCUT2D eigenvalue weighted by molar-refractivity contribution is 5.95. The maximum atomic E-state index is 13.1. The standard InChI is InChI=1S/C26H37NO6/c1-17-12-8-5-6-11-15-20(25(32)27-19-13-9-7-10-14-19)33-22(29)16-21(28)26(3,4)24(31)18(2)23(17)30/h6-7,9-11,13-14,17-18,20-21,23,28,30H,5,8,12,15-16H2,1-4H3,(H,27,32)/b11-6+/t17-,18-,20?,21-,23-/m0/s1. The van der Waals surface area contributed by atoms with Crippen molar-refractivity contribution in [2.45, 2.75) is 78.1 Å². The summed E-state index contributed by atoms with van der Waals surface area (Å²) in [6.45, 7) is 6.69. The van der Waals surface area contributed by atoms with E-state index in [1.807, 2.05) is 25.1 Å². The fourth-order valence-corrected chi connectivity index (χ4v) is 4.04. The Bertz CT molecular complexity index is 834. The summed E-state index contributed by atoms with van der Waals surface area (Å²) < 4.78 is 5.43. The highest BCUT2D eigenvalue weighted by Gasteiger charge is 2.42. The number of nitrogens with one attached hydrogen (secondary N) is 1. The number of benzene rings is 1. The molecule has 7 nitrogen and oxygen atoms in total. The zero-order valence-electron chi connectivity index (χ0n) is 20.0. The van der Waals surface area contributed by atoms with Crippen molar-refractivity contribution in [3.05, 3.63) is 42.5 Å². The molecule has 1 amide bonds. The Hall–Kier alpha value is -2.51. The van der Waals surface area contributed by atoms with Crippen molar-refractivity contribution in [1.29, 1.82) is 0 Å².